The first kappa shape index (κ1) is 26.2. The number of rotatable bonds is 8. The van der Waals surface area contributed by atoms with Crippen molar-refractivity contribution in [3.63, 3.8) is 0 Å². The summed E-state index contributed by atoms with van der Waals surface area (Å²) in [5.74, 6) is 1.97. The quantitative estimate of drug-likeness (QED) is 0.240. The maximum atomic E-state index is 4.56. The summed E-state index contributed by atoms with van der Waals surface area (Å²) in [6.45, 7) is 6.11. The molecule has 0 radical (unpaired) electrons. The van der Waals surface area contributed by atoms with Crippen LogP contribution in [0.2, 0.25) is 0 Å². The lowest BCUT2D eigenvalue weighted by Crippen LogP contribution is -2.51. The molecule has 3 aromatic rings. The van der Waals surface area contributed by atoms with E-state index in [1.165, 1.54) is 11.1 Å². The summed E-state index contributed by atoms with van der Waals surface area (Å²) in [5, 5.41) is 7.12. The number of nitrogens with one attached hydrogen (secondary N) is 2. The van der Waals surface area contributed by atoms with Crippen molar-refractivity contribution in [1.82, 2.24) is 25.1 Å². The number of aliphatic imine (C=N–C) groups is 1. The SMILES string of the molecule is CN=C(NCCc1nccn1Cc1ccccc1)NC1CCN(Cc2ccccc2)C(C)C1.I. The molecule has 34 heavy (non-hydrogen) atoms. The third kappa shape index (κ3) is 7.56. The fraction of sp³-hybridized carbons (Fsp3) is 0.407. The molecule has 1 fully saturated rings. The lowest BCUT2D eigenvalue weighted by Gasteiger charge is -2.38. The zero-order valence-electron chi connectivity index (χ0n) is 20.2. The van der Waals surface area contributed by atoms with Crippen LogP contribution in [0.25, 0.3) is 0 Å². The van der Waals surface area contributed by atoms with Crippen molar-refractivity contribution in [1.29, 1.82) is 0 Å². The van der Waals surface area contributed by atoms with Gasteiger partial charge in [0.2, 0.25) is 0 Å². The Morgan fingerprint density at radius 1 is 1.03 bits per heavy atom. The van der Waals surface area contributed by atoms with Crippen LogP contribution in [0, 0.1) is 0 Å². The van der Waals surface area contributed by atoms with Crippen LogP contribution in [0.4, 0.5) is 0 Å². The van der Waals surface area contributed by atoms with E-state index in [1.807, 2.05) is 13.2 Å². The molecule has 1 aromatic heterocycles. The van der Waals surface area contributed by atoms with Crippen molar-refractivity contribution >= 4 is 29.9 Å². The minimum Gasteiger partial charge on any atom is -0.356 e. The number of benzene rings is 2. The summed E-state index contributed by atoms with van der Waals surface area (Å²) in [6, 6.07) is 22.3. The van der Waals surface area contributed by atoms with Gasteiger partial charge >= 0.3 is 0 Å². The number of hydrogen-bond acceptors (Lipinski definition) is 3. The van der Waals surface area contributed by atoms with Crippen molar-refractivity contribution in [3.8, 4) is 0 Å². The standard InChI is InChI=1S/C27H36N6.HI/c1-22-19-25(14-17-32(22)20-23-9-5-3-6-10-23)31-27(28-2)30-15-13-26-29-16-18-33(26)21-24-11-7-4-8-12-24;/h3-12,16,18,22,25H,13-15,17,19-21H2,1-2H3,(H2,28,30,31);1H. The molecule has 2 atom stereocenters. The van der Waals surface area contributed by atoms with Crippen LogP contribution in [0.3, 0.4) is 0 Å². The minimum atomic E-state index is 0. The summed E-state index contributed by atoms with van der Waals surface area (Å²) < 4.78 is 2.22. The third-order valence-corrected chi connectivity index (χ3v) is 6.45. The molecule has 2 N–H and O–H groups in total. The summed E-state index contributed by atoms with van der Waals surface area (Å²) in [4.78, 5) is 11.6. The molecule has 2 unspecified atom stereocenters. The highest BCUT2D eigenvalue weighted by molar-refractivity contribution is 14.0. The van der Waals surface area contributed by atoms with E-state index < -0.39 is 0 Å². The van der Waals surface area contributed by atoms with E-state index in [1.54, 1.807) is 0 Å². The van der Waals surface area contributed by atoms with Crippen molar-refractivity contribution in [2.75, 3.05) is 20.1 Å². The van der Waals surface area contributed by atoms with E-state index in [9.17, 15) is 0 Å². The molecule has 7 heteroatoms. The first-order chi connectivity index (χ1) is 16.2. The fourth-order valence-corrected chi connectivity index (χ4v) is 4.58. The molecule has 6 nitrogen and oxygen atoms in total. The van der Waals surface area contributed by atoms with Gasteiger partial charge in [0.15, 0.2) is 5.96 Å². The summed E-state index contributed by atoms with van der Waals surface area (Å²) in [6.07, 6.45) is 7.04. The van der Waals surface area contributed by atoms with Crippen molar-refractivity contribution in [3.05, 3.63) is 90.0 Å². The van der Waals surface area contributed by atoms with Crippen molar-refractivity contribution in [2.24, 2.45) is 4.99 Å². The third-order valence-electron chi connectivity index (χ3n) is 6.45. The van der Waals surface area contributed by atoms with E-state index >= 15 is 0 Å². The van der Waals surface area contributed by atoms with Gasteiger partial charge in [-0.25, -0.2) is 4.98 Å². The molecule has 0 bridgehead atoms. The highest BCUT2D eigenvalue weighted by Crippen LogP contribution is 2.20. The lowest BCUT2D eigenvalue weighted by molar-refractivity contribution is 0.134. The van der Waals surface area contributed by atoms with Gasteiger partial charge in [-0.2, -0.15) is 0 Å². The van der Waals surface area contributed by atoms with Crippen LogP contribution in [0.1, 0.15) is 36.7 Å². The summed E-state index contributed by atoms with van der Waals surface area (Å²) in [7, 11) is 1.85. The Kier molecular flexibility index (Phi) is 10.4. The molecular weight excluding hydrogens is 535 g/mol. The zero-order chi connectivity index (χ0) is 22.9. The van der Waals surface area contributed by atoms with Gasteiger partial charge < -0.3 is 15.2 Å². The highest BCUT2D eigenvalue weighted by atomic mass is 127. The number of nitrogens with zero attached hydrogens (tertiary/aromatic N) is 4. The molecular formula is C27H37IN6. The van der Waals surface area contributed by atoms with Gasteiger partial charge in [-0.1, -0.05) is 60.7 Å². The topological polar surface area (TPSA) is 57.5 Å². The van der Waals surface area contributed by atoms with Crippen LogP contribution < -0.4 is 10.6 Å². The Balaban J connectivity index is 0.00000324. The molecule has 0 aliphatic carbocycles. The molecule has 0 amide bonds. The van der Waals surface area contributed by atoms with E-state index in [4.69, 9.17) is 0 Å². The summed E-state index contributed by atoms with van der Waals surface area (Å²) in [5.41, 5.74) is 2.67. The zero-order valence-corrected chi connectivity index (χ0v) is 22.6. The minimum absolute atomic E-state index is 0. The lowest BCUT2D eigenvalue weighted by atomic mass is 9.97. The monoisotopic (exact) mass is 572 g/mol. The average Bonchev–Trinajstić information content (AvgIpc) is 3.28. The Morgan fingerprint density at radius 2 is 1.71 bits per heavy atom. The number of imidazole rings is 1. The van der Waals surface area contributed by atoms with E-state index in [0.29, 0.717) is 12.1 Å². The number of piperidine rings is 1. The molecule has 4 rings (SSSR count). The largest absolute Gasteiger partial charge is 0.356 e. The van der Waals surface area contributed by atoms with Crippen molar-refractivity contribution in [2.45, 2.75) is 51.4 Å². The van der Waals surface area contributed by atoms with E-state index in [0.717, 1.165) is 57.2 Å². The first-order valence-corrected chi connectivity index (χ1v) is 12.0. The Morgan fingerprint density at radius 3 is 2.35 bits per heavy atom. The molecule has 1 aliphatic rings. The molecule has 0 saturated carbocycles. The fourth-order valence-electron chi connectivity index (χ4n) is 4.58. The van der Waals surface area contributed by atoms with Gasteiger partial charge in [-0.3, -0.25) is 9.89 Å². The average molecular weight is 573 g/mol. The van der Waals surface area contributed by atoms with Crippen molar-refractivity contribution < 1.29 is 0 Å². The van der Waals surface area contributed by atoms with Gasteiger partial charge in [0, 0.05) is 64.1 Å². The molecule has 1 saturated heterocycles. The Labute approximate surface area is 220 Å². The molecule has 182 valence electrons. The number of aromatic nitrogens is 2. The normalized spacial score (nSPS) is 18.8. The number of hydrogen-bond donors (Lipinski definition) is 2. The predicted molar refractivity (Wildman–Crippen MR) is 151 cm³/mol. The first-order valence-electron chi connectivity index (χ1n) is 12.0. The second-order valence-electron chi connectivity index (χ2n) is 8.88. The highest BCUT2D eigenvalue weighted by Gasteiger charge is 2.25. The smallest absolute Gasteiger partial charge is 0.191 e. The van der Waals surface area contributed by atoms with Crippen LogP contribution in [-0.2, 0) is 19.5 Å². The van der Waals surface area contributed by atoms with Gasteiger partial charge in [0.25, 0.3) is 0 Å². The molecule has 0 spiro atoms. The molecule has 2 heterocycles. The summed E-state index contributed by atoms with van der Waals surface area (Å²) >= 11 is 0. The van der Waals surface area contributed by atoms with Crippen LogP contribution in [0.15, 0.2) is 78.0 Å². The van der Waals surface area contributed by atoms with Gasteiger partial charge in [-0.15, -0.1) is 24.0 Å². The van der Waals surface area contributed by atoms with Crippen LogP contribution in [-0.4, -0.2) is 52.6 Å². The Hall–Kier alpha value is -2.39. The van der Waals surface area contributed by atoms with Gasteiger partial charge in [0.1, 0.15) is 5.82 Å². The van der Waals surface area contributed by atoms with Crippen LogP contribution >= 0.6 is 24.0 Å². The van der Waals surface area contributed by atoms with Gasteiger partial charge in [-0.05, 0) is 30.9 Å². The maximum Gasteiger partial charge on any atom is 0.191 e. The maximum absolute atomic E-state index is 4.56. The molecule has 1 aliphatic heterocycles. The van der Waals surface area contributed by atoms with Crippen LogP contribution in [0.5, 0.6) is 0 Å². The number of likely N-dealkylation sites (tertiary alicyclic amines) is 1. The Bertz CT molecular complexity index is 1000. The second-order valence-corrected chi connectivity index (χ2v) is 8.88. The van der Waals surface area contributed by atoms with E-state index in [2.05, 4.69) is 104 Å². The number of halogens is 1. The number of guanidine groups is 1. The van der Waals surface area contributed by atoms with E-state index in [-0.39, 0.29) is 24.0 Å². The molecule has 2 aromatic carbocycles. The van der Waals surface area contributed by atoms with Gasteiger partial charge in [0.05, 0.1) is 0 Å². The second kappa shape index (κ2) is 13.5. The predicted octanol–water partition coefficient (Wildman–Crippen LogP) is 4.31.